The Morgan fingerprint density at radius 1 is 1.13 bits per heavy atom. The third-order valence-corrected chi connectivity index (χ3v) is 5.07. The zero-order valence-corrected chi connectivity index (χ0v) is 13.9. The van der Waals surface area contributed by atoms with Crippen LogP contribution in [0.1, 0.15) is 23.2 Å². The normalized spacial score (nSPS) is 26.8. The molecule has 2 saturated heterocycles. The number of rotatable bonds is 2. The lowest BCUT2D eigenvalue weighted by Crippen LogP contribution is -2.49. The lowest BCUT2D eigenvalue weighted by Gasteiger charge is -2.36. The lowest BCUT2D eigenvalue weighted by atomic mass is 10.0. The van der Waals surface area contributed by atoms with Crippen LogP contribution in [-0.2, 0) is 4.74 Å². The first kappa shape index (κ1) is 16.7. The molecule has 0 radical (unpaired) electrons. The molecule has 0 aliphatic carbocycles. The highest BCUT2D eigenvalue weighted by Crippen LogP contribution is 2.22. The molecule has 1 aromatic rings. The van der Waals surface area contributed by atoms with E-state index in [9.17, 15) is 9.90 Å². The minimum absolute atomic E-state index is 0.0505. The van der Waals surface area contributed by atoms with E-state index in [4.69, 9.17) is 16.3 Å². The summed E-state index contributed by atoms with van der Waals surface area (Å²) in [6.07, 6.45) is 0.965. The molecule has 2 atom stereocenters. The van der Waals surface area contributed by atoms with E-state index in [0.717, 1.165) is 19.5 Å². The number of morpholine rings is 1. The summed E-state index contributed by atoms with van der Waals surface area (Å²) in [5.41, 5.74) is 0.536. The summed E-state index contributed by atoms with van der Waals surface area (Å²) in [5.74, 6) is -0.0505. The molecule has 0 unspecified atom stereocenters. The summed E-state index contributed by atoms with van der Waals surface area (Å²) in [5, 5.41) is 11.0. The predicted octanol–water partition coefficient (Wildman–Crippen LogP) is 1.64. The molecular weight excluding hydrogens is 316 g/mol. The van der Waals surface area contributed by atoms with Crippen molar-refractivity contribution in [3.8, 4) is 0 Å². The number of halogens is 1. The van der Waals surface area contributed by atoms with Gasteiger partial charge in [0.25, 0.3) is 5.91 Å². The van der Waals surface area contributed by atoms with Crippen LogP contribution in [0.4, 0.5) is 0 Å². The fourth-order valence-corrected chi connectivity index (χ4v) is 3.63. The molecule has 1 N–H and O–H groups in total. The summed E-state index contributed by atoms with van der Waals surface area (Å²) in [4.78, 5) is 16.8. The number of carbonyl (C=O) groups excluding carboxylic acids is 1. The molecular formula is C17H23ClN2O3. The second kappa shape index (κ2) is 7.62. The van der Waals surface area contributed by atoms with E-state index in [1.54, 1.807) is 12.1 Å². The van der Waals surface area contributed by atoms with E-state index < -0.39 is 6.10 Å². The van der Waals surface area contributed by atoms with Crippen molar-refractivity contribution in [2.45, 2.75) is 25.0 Å². The Morgan fingerprint density at radius 2 is 1.83 bits per heavy atom. The molecule has 6 heteroatoms. The third-order valence-electron chi connectivity index (χ3n) is 4.74. The van der Waals surface area contributed by atoms with Gasteiger partial charge in [-0.3, -0.25) is 9.69 Å². The first-order valence-corrected chi connectivity index (χ1v) is 8.58. The zero-order valence-electron chi connectivity index (χ0n) is 13.2. The van der Waals surface area contributed by atoms with Crippen LogP contribution in [0.25, 0.3) is 0 Å². The van der Waals surface area contributed by atoms with Gasteiger partial charge in [0.1, 0.15) is 0 Å². The molecule has 1 amide bonds. The Labute approximate surface area is 141 Å². The van der Waals surface area contributed by atoms with Gasteiger partial charge in [-0.1, -0.05) is 23.7 Å². The number of carbonyl (C=O) groups is 1. The topological polar surface area (TPSA) is 53.0 Å². The lowest BCUT2D eigenvalue weighted by molar-refractivity contribution is -0.0222. The van der Waals surface area contributed by atoms with E-state index >= 15 is 0 Å². The van der Waals surface area contributed by atoms with Crippen molar-refractivity contribution >= 4 is 17.5 Å². The largest absolute Gasteiger partial charge is 0.391 e. The monoisotopic (exact) mass is 338 g/mol. The standard InChI is InChI=1S/C17H23ClN2O3/c18-14-4-2-1-3-13(14)17(22)20-7-5-15(16(21)6-8-20)19-9-11-23-12-10-19/h1-4,15-16,21H,5-12H2/t15-,16-/m0/s1. The molecule has 5 nitrogen and oxygen atoms in total. The van der Waals surface area contributed by atoms with E-state index in [2.05, 4.69) is 4.90 Å². The van der Waals surface area contributed by atoms with Gasteiger partial charge in [-0.05, 0) is 25.0 Å². The van der Waals surface area contributed by atoms with Gasteiger partial charge in [-0.15, -0.1) is 0 Å². The van der Waals surface area contributed by atoms with Crippen LogP contribution in [0.15, 0.2) is 24.3 Å². The van der Waals surface area contributed by atoms with Gasteiger partial charge in [-0.2, -0.15) is 0 Å². The maximum Gasteiger partial charge on any atom is 0.255 e. The van der Waals surface area contributed by atoms with Crippen LogP contribution in [0.3, 0.4) is 0 Å². The van der Waals surface area contributed by atoms with Crippen LogP contribution in [0, 0.1) is 0 Å². The third kappa shape index (κ3) is 3.86. The van der Waals surface area contributed by atoms with Crippen molar-refractivity contribution in [3.05, 3.63) is 34.9 Å². The number of ether oxygens (including phenoxy) is 1. The number of amides is 1. The molecule has 3 rings (SSSR count). The van der Waals surface area contributed by atoms with Crippen LogP contribution in [0.5, 0.6) is 0 Å². The van der Waals surface area contributed by atoms with E-state index in [1.165, 1.54) is 0 Å². The highest BCUT2D eigenvalue weighted by molar-refractivity contribution is 6.33. The van der Waals surface area contributed by atoms with Crippen molar-refractivity contribution in [1.82, 2.24) is 9.80 Å². The Kier molecular flexibility index (Phi) is 5.54. The molecule has 2 aliphatic heterocycles. The fraction of sp³-hybridized carbons (Fsp3) is 0.588. The molecule has 23 heavy (non-hydrogen) atoms. The first-order chi connectivity index (χ1) is 11.2. The predicted molar refractivity (Wildman–Crippen MR) is 88.8 cm³/mol. The summed E-state index contributed by atoms with van der Waals surface area (Å²) < 4.78 is 5.38. The molecule has 0 spiro atoms. The maximum atomic E-state index is 12.7. The molecule has 0 bridgehead atoms. The van der Waals surface area contributed by atoms with Gasteiger partial charge in [0.05, 0.1) is 29.9 Å². The van der Waals surface area contributed by atoms with Gasteiger partial charge in [0, 0.05) is 32.2 Å². The minimum Gasteiger partial charge on any atom is -0.391 e. The highest BCUT2D eigenvalue weighted by atomic mass is 35.5. The van der Waals surface area contributed by atoms with Gasteiger partial charge in [0.2, 0.25) is 0 Å². The van der Waals surface area contributed by atoms with Crippen LogP contribution < -0.4 is 0 Å². The number of likely N-dealkylation sites (tertiary alicyclic amines) is 1. The number of benzene rings is 1. The summed E-state index contributed by atoms with van der Waals surface area (Å²) in [6, 6.07) is 7.23. The van der Waals surface area contributed by atoms with Crippen molar-refractivity contribution in [1.29, 1.82) is 0 Å². The van der Waals surface area contributed by atoms with Gasteiger partial charge >= 0.3 is 0 Å². The smallest absolute Gasteiger partial charge is 0.255 e. The van der Waals surface area contributed by atoms with Crippen molar-refractivity contribution < 1.29 is 14.6 Å². The zero-order chi connectivity index (χ0) is 16.2. The van der Waals surface area contributed by atoms with Crippen molar-refractivity contribution in [2.24, 2.45) is 0 Å². The van der Waals surface area contributed by atoms with Crippen LogP contribution in [-0.4, -0.2) is 72.4 Å². The Balaban J connectivity index is 1.67. The van der Waals surface area contributed by atoms with Crippen LogP contribution in [0.2, 0.25) is 5.02 Å². The van der Waals surface area contributed by atoms with Crippen molar-refractivity contribution in [3.63, 3.8) is 0 Å². The van der Waals surface area contributed by atoms with E-state index in [-0.39, 0.29) is 11.9 Å². The van der Waals surface area contributed by atoms with Gasteiger partial charge in [-0.25, -0.2) is 0 Å². The molecule has 0 aromatic heterocycles. The average Bonchev–Trinajstić information content (AvgIpc) is 2.77. The SMILES string of the molecule is O=C(c1ccccc1Cl)N1CC[C@H](O)[C@@H](N2CCOCC2)CC1. The number of aliphatic hydroxyl groups excluding tert-OH is 1. The second-order valence-corrected chi connectivity index (χ2v) is 6.54. The van der Waals surface area contributed by atoms with Gasteiger partial charge < -0.3 is 14.7 Å². The molecule has 2 heterocycles. The first-order valence-electron chi connectivity index (χ1n) is 8.20. The molecule has 2 aliphatic rings. The molecule has 2 fully saturated rings. The van der Waals surface area contributed by atoms with Gasteiger partial charge in [0.15, 0.2) is 0 Å². The van der Waals surface area contributed by atoms with E-state index in [1.807, 2.05) is 17.0 Å². The van der Waals surface area contributed by atoms with Crippen molar-refractivity contribution in [2.75, 3.05) is 39.4 Å². The second-order valence-electron chi connectivity index (χ2n) is 6.13. The minimum atomic E-state index is -0.405. The molecule has 0 saturated carbocycles. The maximum absolute atomic E-state index is 12.7. The average molecular weight is 339 g/mol. The Morgan fingerprint density at radius 3 is 2.57 bits per heavy atom. The molecule has 1 aromatic carbocycles. The quantitative estimate of drug-likeness (QED) is 0.890. The Bertz CT molecular complexity index is 548. The number of hydrogen-bond acceptors (Lipinski definition) is 4. The number of aliphatic hydroxyl groups is 1. The number of hydrogen-bond donors (Lipinski definition) is 1. The van der Waals surface area contributed by atoms with Crippen LogP contribution >= 0.6 is 11.6 Å². The Hall–Kier alpha value is -1.14. The number of nitrogens with zero attached hydrogens (tertiary/aromatic N) is 2. The highest BCUT2D eigenvalue weighted by Gasteiger charge is 2.32. The summed E-state index contributed by atoms with van der Waals surface area (Å²) >= 11 is 6.14. The summed E-state index contributed by atoms with van der Waals surface area (Å²) in [6.45, 7) is 4.33. The fourth-order valence-electron chi connectivity index (χ4n) is 3.42. The molecule has 126 valence electrons. The van der Waals surface area contributed by atoms with E-state index in [0.29, 0.717) is 43.3 Å². The summed E-state index contributed by atoms with van der Waals surface area (Å²) in [7, 11) is 0.